The lowest BCUT2D eigenvalue weighted by Crippen LogP contribution is -2.17. The number of hydrogen-bond acceptors (Lipinski definition) is 6. The summed E-state index contributed by atoms with van der Waals surface area (Å²) in [6, 6.07) is 3.07. The summed E-state index contributed by atoms with van der Waals surface area (Å²) < 4.78 is 15.7. The van der Waals surface area contributed by atoms with Crippen LogP contribution in [0.2, 0.25) is 0 Å². The molecule has 134 valence electrons. The van der Waals surface area contributed by atoms with Crippen molar-refractivity contribution in [3.63, 3.8) is 0 Å². The highest BCUT2D eigenvalue weighted by Crippen LogP contribution is 2.39. The minimum absolute atomic E-state index is 0.300. The number of carbonyl (C=O) groups is 2. The lowest BCUT2D eigenvalue weighted by atomic mass is 10.1. The summed E-state index contributed by atoms with van der Waals surface area (Å²) in [5.41, 5.74) is 6.82. The van der Waals surface area contributed by atoms with Gasteiger partial charge in [0.15, 0.2) is 11.5 Å². The largest absolute Gasteiger partial charge is 0.493 e. The second-order valence-electron chi connectivity index (χ2n) is 5.22. The van der Waals surface area contributed by atoms with Crippen LogP contribution in [-0.2, 0) is 0 Å². The Balaban J connectivity index is 2.43. The minimum Gasteiger partial charge on any atom is -0.493 e. The monoisotopic (exact) mass is 364 g/mol. The van der Waals surface area contributed by atoms with Crippen LogP contribution >= 0.6 is 11.3 Å². The number of thiophene rings is 1. The third kappa shape index (κ3) is 3.53. The molecule has 2 amide bonds. The van der Waals surface area contributed by atoms with Crippen molar-refractivity contribution in [2.75, 3.05) is 26.6 Å². The van der Waals surface area contributed by atoms with E-state index in [9.17, 15) is 9.59 Å². The van der Waals surface area contributed by atoms with Crippen LogP contribution < -0.4 is 25.3 Å². The number of primary amides is 1. The normalized spacial score (nSPS) is 10.3. The number of amides is 2. The fraction of sp³-hybridized carbons (Fsp3) is 0.294. The Morgan fingerprint density at radius 1 is 1.04 bits per heavy atom. The molecule has 0 spiro atoms. The SMILES string of the molecule is COc1cc(C(=O)Nc2sc(C)c(C)c2C(N)=O)cc(OC)c1OC. The Labute approximate surface area is 149 Å². The molecule has 0 aliphatic carbocycles. The van der Waals surface area contributed by atoms with Crippen LogP contribution in [0.25, 0.3) is 0 Å². The third-order valence-corrected chi connectivity index (χ3v) is 4.91. The van der Waals surface area contributed by atoms with Crippen molar-refractivity contribution in [3.8, 4) is 17.2 Å². The Morgan fingerprint density at radius 2 is 1.60 bits per heavy atom. The molecular weight excluding hydrogens is 344 g/mol. The summed E-state index contributed by atoms with van der Waals surface area (Å²) in [7, 11) is 4.42. The van der Waals surface area contributed by atoms with Gasteiger partial charge in [-0.2, -0.15) is 0 Å². The Hall–Kier alpha value is -2.74. The molecule has 0 atom stereocenters. The molecule has 0 radical (unpaired) electrons. The number of anilines is 1. The number of benzene rings is 1. The van der Waals surface area contributed by atoms with Gasteiger partial charge in [-0.25, -0.2) is 0 Å². The molecule has 2 aromatic rings. The number of nitrogens with two attached hydrogens (primary N) is 1. The van der Waals surface area contributed by atoms with E-state index in [1.807, 2.05) is 6.92 Å². The zero-order chi connectivity index (χ0) is 18.7. The van der Waals surface area contributed by atoms with Gasteiger partial charge in [0.05, 0.1) is 26.9 Å². The average Bonchev–Trinajstić information content (AvgIpc) is 2.87. The van der Waals surface area contributed by atoms with Crippen molar-refractivity contribution >= 4 is 28.2 Å². The highest BCUT2D eigenvalue weighted by atomic mass is 32.1. The van der Waals surface area contributed by atoms with Gasteiger partial charge < -0.3 is 25.3 Å². The predicted octanol–water partition coefficient (Wildman–Crippen LogP) is 2.74. The Bertz CT molecular complexity index is 804. The number of ether oxygens (including phenoxy) is 3. The summed E-state index contributed by atoms with van der Waals surface area (Å²) in [5, 5.41) is 3.15. The highest BCUT2D eigenvalue weighted by molar-refractivity contribution is 7.16. The van der Waals surface area contributed by atoms with Gasteiger partial charge in [0.25, 0.3) is 11.8 Å². The lowest BCUT2D eigenvalue weighted by molar-refractivity contribution is 0.100. The fourth-order valence-corrected chi connectivity index (χ4v) is 3.46. The van der Waals surface area contributed by atoms with Gasteiger partial charge in [-0.1, -0.05) is 0 Å². The van der Waals surface area contributed by atoms with Crippen LogP contribution in [0.5, 0.6) is 17.2 Å². The maximum Gasteiger partial charge on any atom is 0.256 e. The van der Waals surface area contributed by atoms with E-state index in [2.05, 4.69) is 5.32 Å². The first-order chi connectivity index (χ1) is 11.8. The van der Waals surface area contributed by atoms with E-state index in [1.54, 1.807) is 6.92 Å². The summed E-state index contributed by atoms with van der Waals surface area (Å²) in [5.74, 6) is 0.119. The molecule has 1 aromatic carbocycles. The molecule has 0 bridgehead atoms. The molecule has 8 heteroatoms. The Kier molecular flexibility index (Phi) is 5.53. The number of carbonyl (C=O) groups excluding carboxylic acids is 2. The second-order valence-corrected chi connectivity index (χ2v) is 6.44. The van der Waals surface area contributed by atoms with Crippen LogP contribution in [0.15, 0.2) is 12.1 Å². The summed E-state index contributed by atoms with van der Waals surface area (Å²) in [4.78, 5) is 25.2. The quantitative estimate of drug-likeness (QED) is 0.821. The zero-order valence-corrected chi connectivity index (χ0v) is 15.5. The van der Waals surface area contributed by atoms with E-state index < -0.39 is 11.8 Å². The molecule has 1 aromatic heterocycles. The third-order valence-electron chi connectivity index (χ3n) is 3.79. The summed E-state index contributed by atoms with van der Waals surface area (Å²) in [6.07, 6.45) is 0. The average molecular weight is 364 g/mol. The number of hydrogen-bond donors (Lipinski definition) is 2. The second kappa shape index (κ2) is 7.43. The van der Waals surface area contributed by atoms with E-state index in [4.69, 9.17) is 19.9 Å². The molecule has 7 nitrogen and oxygen atoms in total. The standard InChI is InChI=1S/C17H20N2O5S/c1-8-9(2)25-17(13(8)15(18)20)19-16(21)10-6-11(22-3)14(24-5)12(7-10)23-4/h6-7H,1-5H3,(H2,18,20)(H,19,21). The molecule has 25 heavy (non-hydrogen) atoms. The maximum absolute atomic E-state index is 12.6. The molecule has 0 saturated heterocycles. The van der Waals surface area contributed by atoms with E-state index in [0.717, 1.165) is 10.4 Å². The van der Waals surface area contributed by atoms with E-state index in [1.165, 1.54) is 44.8 Å². The van der Waals surface area contributed by atoms with Gasteiger partial charge >= 0.3 is 0 Å². The molecule has 0 saturated carbocycles. The van der Waals surface area contributed by atoms with Gasteiger partial charge in [0.2, 0.25) is 5.75 Å². The van der Waals surface area contributed by atoms with Crippen molar-refractivity contribution in [2.45, 2.75) is 13.8 Å². The molecule has 0 aliphatic rings. The molecule has 0 fully saturated rings. The van der Waals surface area contributed by atoms with Crippen LogP contribution in [0, 0.1) is 13.8 Å². The van der Waals surface area contributed by atoms with Crippen molar-refractivity contribution in [2.24, 2.45) is 5.73 Å². The van der Waals surface area contributed by atoms with Gasteiger partial charge in [-0.3, -0.25) is 9.59 Å². The van der Waals surface area contributed by atoms with Crippen molar-refractivity contribution in [3.05, 3.63) is 33.7 Å². The Morgan fingerprint density at radius 3 is 2.04 bits per heavy atom. The van der Waals surface area contributed by atoms with E-state index in [0.29, 0.717) is 33.4 Å². The first-order valence-electron chi connectivity index (χ1n) is 7.35. The first kappa shape index (κ1) is 18.6. The van der Waals surface area contributed by atoms with Gasteiger partial charge in [0.1, 0.15) is 5.00 Å². The van der Waals surface area contributed by atoms with Crippen molar-refractivity contribution in [1.29, 1.82) is 0 Å². The smallest absolute Gasteiger partial charge is 0.256 e. The van der Waals surface area contributed by atoms with E-state index >= 15 is 0 Å². The number of rotatable bonds is 6. The summed E-state index contributed by atoms with van der Waals surface area (Å²) in [6.45, 7) is 3.66. The van der Waals surface area contributed by atoms with Gasteiger partial charge in [0, 0.05) is 10.4 Å². The predicted molar refractivity (Wildman–Crippen MR) is 96.4 cm³/mol. The van der Waals surface area contributed by atoms with Gasteiger partial charge in [-0.05, 0) is 31.5 Å². The van der Waals surface area contributed by atoms with Crippen LogP contribution in [0.4, 0.5) is 5.00 Å². The number of methoxy groups -OCH3 is 3. The topological polar surface area (TPSA) is 99.9 Å². The fourth-order valence-electron chi connectivity index (χ4n) is 2.40. The zero-order valence-electron chi connectivity index (χ0n) is 14.7. The summed E-state index contributed by atoms with van der Waals surface area (Å²) >= 11 is 1.30. The molecule has 3 N–H and O–H groups in total. The van der Waals surface area contributed by atoms with Crippen LogP contribution in [0.3, 0.4) is 0 Å². The number of nitrogens with one attached hydrogen (secondary N) is 1. The minimum atomic E-state index is -0.581. The molecule has 2 rings (SSSR count). The number of aryl methyl sites for hydroxylation is 1. The lowest BCUT2D eigenvalue weighted by Gasteiger charge is -2.14. The highest BCUT2D eigenvalue weighted by Gasteiger charge is 2.21. The first-order valence-corrected chi connectivity index (χ1v) is 8.16. The van der Waals surface area contributed by atoms with Crippen molar-refractivity contribution < 1.29 is 23.8 Å². The van der Waals surface area contributed by atoms with Crippen LogP contribution in [0.1, 0.15) is 31.2 Å². The van der Waals surface area contributed by atoms with Gasteiger partial charge in [-0.15, -0.1) is 11.3 Å². The molecule has 0 aliphatic heterocycles. The van der Waals surface area contributed by atoms with E-state index in [-0.39, 0.29) is 0 Å². The van der Waals surface area contributed by atoms with Crippen LogP contribution in [-0.4, -0.2) is 33.1 Å². The maximum atomic E-state index is 12.6. The molecule has 1 heterocycles. The molecular formula is C17H20N2O5S. The van der Waals surface area contributed by atoms with Crippen molar-refractivity contribution in [1.82, 2.24) is 0 Å². The molecule has 0 unspecified atom stereocenters.